The topological polar surface area (TPSA) is 38.3 Å². The fraction of sp³-hybridized carbons (Fsp3) is 0.588. The summed E-state index contributed by atoms with van der Waals surface area (Å²) in [4.78, 5) is 11.5. The van der Waals surface area contributed by atoms with E-state index in [1.54, 1.807) is 32.9 Å². The Morgan fingerprint density at radius 3 is 2.18 bits per heavy atom. The molecule has 0 spiro atoms. The summed E-state index contributed by atoms with van der Waals surface area (Å²) >= 11 is 0. The maximum absolute atomic E-state index is 14.1. The quantitative estimate of drug-likeness (QED) is 0.862. The van der Waals surface area contributed by atoms with Crippen molar-refractivity contribution in [2.45, 2.75) is 59.1 Å². The van der Waals surface area contributed by atoms with Crippen molar-refractivity contribution in [1.82, 2.24) is 5.32 Å². The Morgan fingerprint density at radius 2 is 1.68 bits per heavy atom. The third-order valence-corrected chi connectivity index (χ3v) is 2.98. The molecule has 0 atom stereocenters. The summed E-state index contributed by atoms with van der Waals surface area (Å²) < 4.78 is 33.3. The second-order valence-corrected chi connectivity index (χ2v) is 7.34. The number of carbonyl (C=O) groups excluding carboxylic acids is 1. The summed E-state index contributed by atoms with van der Waals surface area (Å²) in [6.45, 7) is 10.8. The van der Waals surface area contributed by atoms with Gasteiger partial charge in [-0.25, -0.2) is 8.78 Å². The fourth-order valence-electron chi connectivity index (χ4n) is 1.98. The SMILES string of the molecule is CC(C)(C)OC(=O)CNCc1ccc(C(C)(C)C)c(F)c1F. The van der Waals surface area contributed by atoms with Crippen molar-refractivity contribution in [1.29, 1.82) is 0 Å². The molecule has 0 fully saturated rings. The molecule has 3 nitrogen and oxygen atoms in total. The Morgan fingerprint density at radius 1 is 1.09 bits per heavy atom. The number of hydrogen-bond donors (Lipinski definition) is 1. The van der Waals surface area contributed by atoms with Crippen LogP contribution in [0.1, 0.15) is 52.7 Å². The number of carbonyl (C=O) groups is 1. The largest absolute Gasteiger partial charge is 0.459 e. The van der Waals surface area contributed by atoms with Crippen LogP contribution in [0.5, 0.6) is 0 Å². The van der Waals surface area contributed by atoms with Gasteiger partial charge in [0.2, 0.25) is 0 Å². The van der Waals surface area contributed by atoms with Crippen molar-refractivity contribution in [3.63, 3.8) is 0 Å². The number of esters is 1. The van der Waals surface area contributed by atoms with E-state index in [0.29, 0.717) is 5.56 Å². The molecule has 0 radical (unpaired) electrons. The Balaban J connectivity index is 2.69. The summed E-state index contributed by atoms with van der Waals surface area (Å²) in [5.74, 6) is -2.13. The van der Waals surface area contributed by atoms with Crippen LogP contribution < -0.4 is 5.32 Å². The monoisotopic (exact) mass is 313 g/mol. The molecule has 5 heteroatoms. The third kappa shape index (κ3) is 5.37. The molecule has 1 aromatic rings. The molecule has 0 aliphatic heterocycles. The predicted molar refractivity (Wildman–Crippen MR) is 82.6 cm³/mol. The minimum Gasteiger partial charge on any atom is -0.459 e. The second-order valence-electron chi connectivity index (χ2n) is 7.34. The number of benzene rings is 1. The Hall–Kier alpha value is -1.49. The van der Waals surface area contributed by atoms with Gasteiger partial charge in [0.1, 0.15) is 5.60 Å². The van der Waals surface area contributed by atoms with Crippen LogP contribution in [-0.4, -0.2) is 18.1 Å². The molecule has 0 saturated heterocycles. The Labute approximate surface area is 131 Å². The molecule has 0 saturated carbocycles. The fourth-order valence-corrected chi connectivity index (χ4v) is 1.98. The van der Waals surface area contributed by atoms with Gasteiger partial charge in [0.05, 0.1) is 6.54 Å². The van der Waals surface area contributed by atoms with Crippen LogP contribution in [0.25, 0.3) is 0 Å². The van der Waals surface area contributed by atoms with Crippen LogP contribution in [0.15, 0.2) is 12.1 Å². The summed E-state index contributed by atoms with van der Waals surface area (Å²) in [5.41, 5.74) is -0.507. The molecule has 0 aromatic heterocycles. The molecule has 124 valence electrons. The van der Waals surface area contributed by atoms with Crippen molar-refractivity contribution in [3.05, 3.63) is 34.9 Å². The smallest absolute Gasteiger partial charge is 0.320 e. The molecule has 0 unspecified atom stereocenters. The molecular formula is C17H25F2NO2. The lowest BCUT2D eigenvalue weighted by atomic mass is 9.86. The van der Waals surface area contributed by atoms with E-state index in [0.717, 1.165) is 0 Å². The van der Waals surface area contributed by atoms with Gasteiger partial charge in [0.25, 0.3) is 0 Å². The van der Waals surface area contributed by atoms with E-state index in [9.17, 15) is 13.6 Å². The van der Waals surface area contributed by atoms with Crippen molar-refractivity contribution in [3.8, 4) is 0 Å². The average Bonchev–Trinajstić information content (AvgIpc) is 2.30. The highest BCUT2D eigenvalue weighted by molar-refractivity contribution is 5.72. The van der Waals surface area contributed by atoms with Crippen LogP contribution in [0, 0.1) is 11.6 Å². The minimum absolute atomic E-state index is 0.0562. The highest BCUT2D eigenvalue weighted by atomic mass is 19.2. The van der Waals surface area contributed by atoms with Crippen molar-refractivity contribution < 1.29 is 18.3 Å². The van der Waals surface area contributed by atoms with E-state index in [4.69, 9.17) is 4.74 Å². The first-order valence-electron chi connectivity index (χ1n) is 7.32. The van der Waals surface area contributed by atoms with Gasteiger partial charge in [-0.1, -0.05) is 32.9 Å². The maximum atomic E-state index is 14.1. The molecule has 1 aromatic carbocycles. The molecule has 0 bridgehead atoms. The molecule has 0 heterocycles. The number of ether oxygens (including phenoxy) is 1. The zero-order chi connectivity index (χ0) is 17.1. The van der Waals surface area contributed by atoms with Gasteiger partial charge in [-0.15, -0.1) is 0 Å². The lowest BCUT2D eigenvalue weighted by Crippen LogP contribution is -2.31. The lowest BCUT2D eigenvalue weighted by molar-refractivity contribution is -0.153. The zero-order valence-corrected chi connectivity index (χ0v) is 14.1. The van der Waals surface area contributed by atoms with E-state index in [1.807, 2.05) is 20.8 Å². The van der Waals surface area contributed by atoms with Gasteiger partial charge in [0, 0.05) is 12.1 Å². The maximum Gasteiger partial charge on any atom is 0.320 e. The summed E-state index contributed by atoms with van der Waals surface area (Å²) in [6.07, 6.45) is 0. The minimum atomic E-state index is -0.871. The first-order chi connectivity index (χ1) is 9.92. The highest BCUT2D eigenvalue weighted by Gasteiger charge is 2.22. The normalized spacial score (nSPS) is 12.4. The number of halogens is 2. The molecule has 0 aliphatic carbocycles. The van der Waals surface area contributed by atoms with Gasteiger partial charge in [-0.05, 0) is 31.7 Å². The van der Waals surface area contributed by atoms with Gasteiger partial charge in [-0.2, -0.15) is 0 Å². The van der Waals surface area contributed by atoms with Crippen LogP contribution in [0.4, 0.5) is 8.78 Å². The van der Waals surface area contributed by atoms with Crippen LogP contribution in [-0.2, 0) is 21.5 Å². The second kappa shape index (κ2) is 6.73. The van der Waals surface area contributed by atoms with Crippen LogP contribution >= 0.6 is 0 Å². The zero-order valence-electron chi connectivity index (χ0n) is 14.1. The average molecular weight is 313 g/mol. The van der Waals surface area contributed by atoms with Crippen molar-refractivity contribution in [2.75, 3.05) is 6.54 Å². The van der Waals surface area contributed by atoms with Crippen molar-refractivity contribution in [2.24, 2.45) is 0 Å². The van der Waals surface area contributed by atoms with Crippen LogP contribution in [0.3, 0.4) is 0 Å². The third-order valence-electron chi connectivity index (χ3n) is 2.98. The van der Waals surface area contributed by atoms with Crippen molar-refractivity contribution >= 4 is 5.97 Å². The first-order valence-corrected chi connectivity index (χ1v) is 7.32. The Bertz CT molecular complexity index is 543. The molecule has 1 N–H and O–H groups in total. The highest BCUT2D eigenvalue weighted by Crippen LogP contribution is 2.27. The predicted octanol–water partition coefficient (Wildman–Crippen LogP) is 3.69. The van der Waals surface area contributed by atoms with Crippen LogP contribution in [0.2, 0.25) is 0 Å². The molecule has 22 heavy (non-hydrogen) atoms. The molecule has 0 aliphatic rings. The number of hydrogen-bond acceptors (Lipinski definition) is 3. The summed E-state index contributed by atoms with van der Waals surface area (Å²) in [7, 11) is 0. The molecular weight excluding hydrogens is 288 g/mol. The van der Waals surface area contributed by atoms with E-state index in [-0.39, 0.29) is 18.7 Å². The van der Waals surface area contributed by atoms with Gasteiger partial charge in [-0.3, -0.25) is 4.79 Å². The molecule has 1 rings (SSSR count). The first kappa shape index (κ1) is 18.6. The van der Waals surface area contributed by atoms with E-state index < -0.39 is 28.6 Å². The van der Waals surface area contributed by atoms with E-state index in [2.05, 4.69) is 5.32 Å². The molecule has 0 amide bonds. The summed E-state index contributed by atoms with van der Waals surface area (Å²) in [5, 5.41) is 2.77. The van der Waals surface area contributed by atoms with Gasteiger partial charge >= 0.3 is 5.97 Å². The van der Waals surface area contributed by atoms with E-state index in [1.165, 1.54) is 0 Å². The Kier molecular flexibility index (Phi) is 5.68. The lowest BCUT2D eigenvalue weighted by Gasteiger charge is -2.21. The van der Waals surface area contributed by atoms with Gasteiger partial charge < -0.3 is 10.1 Å². The number of rotatable bonds is 4. The standard InChI is InChI=1S/C17H25F2NO2/c1-16(2,3)12-8-7-11(14(18)15(12)19)9-20-10-13(21)22-17(4,5)6/h7-8,20H,9-10H2,1-6H3. The van der Waals surface area contributed by atoms with Gasteiger partial charge in [0.15, 0.2) is 11.6 Å². The van der Waals surface area contributed by atoms with E-state index >= 15 is 0 Å². The number of nitrogens with one attached hydrogen (secondary N) is 1. The summed E-state index contributed by atoms with van der Waals surface area (Å²) in [6, 6.07) is 3.13.